The molecule has 1 amide bonds. The summed E-state index contributed by atoms with van der Waals surface area (Å²) in [7, 11) is -4.13. The zero-order valence-electron chi connectivity index (χ0n) is 15.2. The second-order valence-electron chi connectivity index (χ2n) is 6.66. The highest BCUT2D eigenvalue weighted by Crippen LogP contribution is 2.15. The highest BCUT2D eigenvalue weighted by atomic mass is 32.2. The fourth-order valence-electron chi connectivity index (χ4n) is 2.77. The second kappa shape index (κ2) is 9.40. The number of nitrogens with one attached hydrogen (secondary N) is 3. The Kier molecular flexibility index (Phi) is 7.51. The normalized spacial score (nSPS) is 17.2. The van der Waals surface area contributed by atoms with Gasteiger partial charge in [-0.3, -0.25) is 9.69 Å². The van der Waals surface area contributed by atoms with Crippen LogP contribution >= 0.6 is 0 Å². The number of sulfonamides is 1. The van der Waals surface area contributed by atoms with Crippen molar-refractivity contribution in [2.75, 3.05) is 39.3 Å². The van der Waals surface area contributed by atoms with Crippen molar-refractivity contribution < 1.29 is 17.6 Å². The van der Waals surface area contributed by atoms with Crippen molar-refractivity contribution in [3.8, 4) is 0 Å². The van der Waals surface area contributed by atoms with Crippen LogP contribution in [-0.4, -0.2) is 64.5 Å². The van der Waals surface area contributed by atoms with E-state index in [1.807, 2.05) is 0 Å². The molecule has 7 nitrogen and oxygen atoms in total. The monoisotopic (exact) mass is 386 g/mol. The predicted molar refractivity (Wildman–Crippen MR) is 97.7 cm³/mol. The lowest BCUT2D eigenvalue weighted by molar-refractivity contribution is -0.123. The maximum absolute atomic E-state index is 13.8. The van der Waals surface area contributed by atoms with Gasteiger partial charge in [0.15, 0.2) is 0 Å². The number of hydrogen-bond donors (Lipinski definition) is 3. The van der Waals surface area contributed by atoms with Gasteiger partial charge in [-0.1, -0.05) is 26.0 Å². The van der Waals surface area contributed by atoms with Crippen molar-refractivity contribution in [1.29, 1.82) is 0 Å². The molecule has 0 spiro atoms. The van der Waals surface area contributed by atoms with Crippen molar-refractivity contribution in [3.63, 3.8) is 0 Å². The van der Waals surface area contributed by atoms with Crippen LogP contribution in [0.4, 0.5) is 4.39 Å². The largest absolute Gasteiger partial charge is 0.353 e. The van der Waals surface area contributed by atoms with Crippen LogP contribution in [0.15, 0.2) is 29.2 Å². The first-order chi connectivity index (χ1) is 12.3. The van der Waals surface area contributed by atoms with Crippen molar-refractivity contribution in [3.05, 3.63) is 30.1 Å². The standard InChI is InChI=1S/C17H27FN4O3S/c1-13(2)16(17(23)20-9-12-22-10-7-19-8-11-22)21-26(24,25)15-6-4-3-5-14(15)18/h3-6,13,16,19,21H,7-12H2,1-2H3,(H,20,23). The van der Waals surface area contributed by atoms with Gasteiger partial charge in [0.1, 0.15) is 16.8 Å². The van der Waals surface area contributed by atoms with E-state index < -0.39 is 32.7 Å². The molecular formula is C17H27FN4O3S. The van der Waals surface area contributed by atoms with Gasteiger partial charge in [0.2, 0.25) is 15.9 Å². The van der Waals surface area contributed by atoms with Crippen LogP contribution in [0.2, 0.25) is 0 Å². The highest BCUT2D eigenvalue weighted by molar-refractivity contribution is 7.89. The Bertz CT molecular complexity index is 706. The number of hydrogen-bond acceptors (Lipinski definition) is 5. The molecule has 3 N–H and O–H groups in total. The van der Waals surface area contributed by atoms with Gasteiger partial charge >= 0.3 is 0 Å². The Labute approximate surface area is 154 Å². The molecule has 1 aliphatic heterocycles. The second-order valence-corrected chi connectivity index (χ2v) is 8.34. The summed E-state index contributed by atoms with van der Waals surface area (Å²) in [6.07, 6.45) is 0. The maximum Gasteiger partial charge on any atom is 0.244 e. The van der Waals surface area contributed by atoms with Crippen LogP contribution in [0, 0.1) is 11.7 Å². The summed E-state index contributed by atoms with van der Waals surface area (Å²) >= 11 is 0. The molecule has 1 unspecified atom stereocenters. The van der Waals surface area contributed by atoms with Crippen molar-refractivity contribution in [1.82, 2.24) is 20.3 Å². The molecule has 0 radical (unpaired) electrons. The van der Waals surface area contributed by atoms with Gasteiger partial charge in [-0.05, 0) is 18.1 Å². The first-order valence-corrected chi connectivity index (χ1v) is 10.3. The van der Waals surface area contributed by atoms with Crippen molar-refractivity contribution in [2.45, 2.75) is 24.8 Å². The molecule has 1 atom stereocenters. The van der Waals surface area contributed by atoms with Crippen LogP contribution in [0.3, 0.4) is 0 Å². The molecule has 146 valence electrons. The third kappa shape index (κ3) is 5.73. The van der Waals surface area contributed by atoms with Crippen LogP contribution in [0.5, 0.6) is 0 Å². The lowest BCUT2D eigenvalue weighted by atomic mass is 10.1. The lowest BCUT2D eigenvalue weighted by Crippen LogP contribution is -2.51. The molecule has 9 heteroatoms. The molecule has 1 fully saturated rings. The summed E-state index contributed by atoms with van der Waals surface area (Å²) in [5, 5.41) is 6.03. The van der Waals surface area contributed by atoms with Gasteiger partial charge < -0.3 is 10.6 Å². The first-order valence-electron chi connectivity index (χ1n) is 8.79. The van der Waals surface area contributed by atoms with Crippen LogP contribution in [0.1, 0.15) is 13.8 Å². The topological polar surface area (TPSA) is 90.5 Å². The number of rotatable bonds is 8. The SMILES string of the molecule is CC(C)C(NS(=O)(=O)c1ccccc1F)C(=O)NCCN1CCNCC1. The average Bonchev–Trinajstić information content (AvgIpc) is 2.60. The molecule has 0 saturated carbocycles. The van der Waals surface area contributed by atoms with Gasteiger partial charge in [-0.25, -0.2) is 12.8 Å². The number of nitrogens with zero attached hydrogens (tertiary/aromatic N) is 1. The van der Waals surface area contributed by atoms with Gasteiger partial charge in [0, 0.05) is 39.3 Å². The molecule has 1 aromatic carbocycles. The number of halogens is 1. The lowest BCUT2D eigenvalue weighted by Gasteiger charge is -2.28. The van der Waals surface area contributed by atoms with E-state index in [0.717, 1.165) is 32.2 Å². The summed E-state index contributed by atoms with van der Waals surface area (Å²) in [4.78, 5) is 14.2. The molecule has 1 saturated heterocycles. The minimum atomic E-state index is -4.13. The van der Waals surface area contributed by atoms with Gasteiger partial charge in [-0.15, -0.1) is 0 Å². The summed E-state index contributed by atoms with van der Waals surface area (Å²) in [6.45, 7) is 8.30. The molecule has 0 bridgehead atoms. The Morgan fingerprint density at radius 1 is 1.27 bits per heavy atom. The number of amides is 1. The Hall–Kier alpha value is -1.55. The van der Waals surface area contributed by atoms with E-state index in [1.54, 1.807) is 13.8 Å². The molecule has 1 heterocycles. The molecule has 26 heavy (non-hydrogen) atoms. The third-order valence-corrected chi connectivity index (χ3v) is 5.77. The van der Waals surface area contributed by atoms with Crippen molar-refractivity contribution in [2.24, 2.45) is 5.92 Å². The minimum absolute atomic E-state index is 0.282. The summed E-state index contributed by atoms with van der Waals surface area (Å²) in [5.41, 5.74) is 0. The number of benzene rings is 1. The predicted octanol–water partition coefficient (Wildman–Crippen LogP) is 0.150. The Morgan fingerprint density at radius 3 is 2.54 bits per heavy atom. The van der Waals surface area contributed by atoms with Gasteiger partial charge in [0.05, 0.1) is 0 Å². The van der Waals surface area contributed by atoms with Crippen LogP contribution in [-0.2, 0) is 14.8 Å². The fraction of sp³-hybridized carbons (Fsp3) is 0.588. The number of piperazine rings is 1. The molecule has 1 aliphatic rings. The Morgan fingerprint density at radius 2 is 1.92 bits per heavy atom. The summed E-state index contributed by atoms with van der Waals surface area (Å²) in [6, 6.07) is 4.14. The summed E-state index contributed by atoms with van der Waals surface area (Å²) < 4.78 is 41.0. The van der Waals surface area contributed by atoms with E-state index in [4.69, 9.17) is 0 Å². The third-order valence-electron chi connectivity index (χ3n) is 4.29. The van der Waals surface area contributed by atoms with E-state index in [1.165, 1.54) is 18.2 Å². The van der Waals surface area contributed by atoms with E-state index in [2.05, 4.69) is 20.3 Å². The zero-order valence-corrected chi connectivity index (χ0v) is 16.0. The average molecular weight is 386 g/mol. The molecular weight excluding hydrogens is 359 g/mol. The van der Waals surface area contributed by atoms with Gasteiger partial charge in [0.25, 0.3) is 0 Å². The van der Waals surface area contributed by atoms with Crippen LogP contribution in [0.25, 0.3) is 0 Å². The molecule has 0 aromatic heterocycles. The first kappa shape index (κ1) is 20.8. The van der Waals surface area contributed by atoms with E-state index in [9.17, 15) is 17.6 Å². The Balaban J connectivity index is 1.96. The zero-order chi connectivity index (χ0) is 19.2. The van der Waals surface area contributed by atoms with E-state index in [0.29, 0.717) is 13.1 Å². The van der Waals surface area contributed by atoms with Gasteiger partial charge in [-0.2, -0.15) is 4.72 Å². The van der Waals surface area contributed by atoms with E-state index in [-0.39, 0.29) is 5.92 Å². The molecule has 2 rings (SSSR count). The molecule has 1 aromatic rings. The highest BCUT2D eigenvalue weighted by Gasteiger charge is 2.29. The minimum Gasteiger partial charge on any atom is -0.353 e. The number of carbonyl (C=O) groups is 1. The van der Waals surface area contributed by atoms with Crippen LogP contribution < -0.4 is 15.4 Å². The summed E-state index contributed by atoms with van der Waals surface area (Å²) in [5.74, 6) is -1.53. The quantitative estimate of drug-likeness (QED) is 0.592. The van der Waals surface area contributed by atoms with E-state index >= 15 is 0 Å². The fourth-order valence-corrected chi connectivity index (χ4v) is 4.19. The molecule has 0 aliphatic carbocycles. The number of carbonyl (C=O) groups excluding carboxylic acids is 1. The maximum atomic E-state index is 13.8. The van der Waals surface area contributed by atoms with Crippen molar-refractivity contribution >= 4 is 15.9 Å². The smallest absolute Gasteiger partial charge is 0.244 e.